The molecule has 12 heteroatoms. The Bertz CT molecular complexity index is 1340. The summed E-state index contributed by atoms with van der Waals surface area (Å²) in [5, 5.41) is 2.93. The number of halogens is 3. The molecule has 1 fully saturated rings. The third-order valence-electron chi connectivity index (χ3n) is 4.89. The van der Waals surface area contributed by atoms with Crippen LogP contribution in [-0.2, 0) is 17.1 Å². The van der Waals surface area contributed by atoms with Crippen LogP contribution in [0.15, 0.2) is 48.7 Å². The lowest BCUT2D eigenvalue weighted by Gasteiger charge is -2.39. The van der Waals surface area contributed by atoms with E-state index in [9.17, 15) is 22.0 Å². The average Bonchev–Trinajstić information content (AvgIpc) is 3.06. The Labute approximate surface area is 194 Å². The Morgan fingerprint density at radius 2 is 1.85 bits per heavy atom. The fourth-order valence-corrected chi connectivity index (χ4v) is 4.28. The minimum Gasteiger partial charge on any atom is -0.348 e. The minimum absolute atomic E-state index is 0.214. The normalized spacial score (nSPS) is 15.1. The molecule has 0 radical (unpaired) electrons. The summed E-state index contributed by atoms with van der Waals surface area (Å²) in [6.45, 7) is -0.750. The number of aryl methyl sites for hydroxylation is 1. The molecule has 0 unspecified atom stereocenters. The van der Waals surface area contributed by atoms with Crippen LogP contribution < -0.4 is 14.9 Å². The Hall–Kier alpha value is -3.18. The Kier molecular flexibility index (Phi) is 5.79. The Balaban J connectivity index is 1.54. The molecule has 2 aromatic heterocycles. The highest BCUT2D eigenvalue weighted by atomic mass is 35.5. The van der Waals surface area contributed by atoms with Crippen LogP contribution in [0.25, 0.3) is 11.4 Å². The van der Waals surface area contributed by atoms with Crippen LogP contribution in [0.5, 0.6) is 0 Å². The van der Waals surface area contributed by atoms with Gasteiger partial charge in [0, 0.05) is 24.0 Å². The zero-order valence-corrected chi connectivity index (χ0v) is 19.2. The van der Waals surface area contributed by atoms with Crippen molar-refractivity contribution in [2.45, 2.75) is 5.92 Å². The second kappa shape index (κ2) is 8.31. The van der Waals surface area contributed by atoms with E-state index in [1.54, 1.807) is 42.1 Å². The predicted molar refractivity (Wildman–Crippen MR) is 124 cm³/mol. The maximum atomic E-state index is 13.2. The Morgan fingerprint density at radius 1 is 1.15 bits per heavy atom. The third kappa shape index (κ3) is 5.42. The summed E-state index contributed by atoms with van der Waals surface area (Å²) in [6, 6.07) is 11.1. The summed E-state index contributed by atoms with van der Waals surface area (Å²) in [5.74, 6) is -2.70. The number of pyridine rings is 1. The predicted octanol–water partition coefficient (Wildman–Crippen LogP) is 3.82. The van der Waals surface area contributed by atoms with E-state index in [0.29, 0.717) is 28.5 Å². The molecule has 8 nitrogen and oxygen atoms in total. The van der Waals surface area contributed by atoms with Crippen molar-refractivity contribution in [1.29, 1.82) is 0 Å². The van der Waals surface area contributed by atoms with Gasteiger partial charge in [-0.05, 0) is 36.4 Å². The van der Waals surface area contributed by atoms with Gasteiger partial charge >= 0.3 is 0 Å². The fourth-order valence-electron chi connectivity index (χ4n) is 3.50. The van der Waals surface area contributed by atoms with Gasteiger partial charge in [-0.2, -0.15) is 0 Å². The molecule has 1 aliphatic heterocycles. The highest BCUT2D eigenvalue weighted by Crippen LogP contribution is 2.32. The number of sulfonamides is 1. The number of alkyl halides is 2. The third-order valence-corrected chi connectivity index (χ3v) is 5.72. The van der Waals surface area contributed by atoms with Gasteiger partial charge in [-0.15, -0.1) is 0 Å². The molecular weight excluding hydrogens is 476 g/mol. The quantitative estimate of drug-likeness (QED) is 0.542. The second-order valence-corrected chi connectivity index (χ2v) is 10.1. The van der Waals surface area contributed by atoms with Gasteiger partial charge in [0.05, 0.1) is 42.0 Å². The summed E-state index contributed by atoms with van der Waals surface area (Å²) in [5.41, 5.74) is 2.01. The van der Waals surface area contributed by atoms with Crippen molar-refractivity contribution in [3.05, 3.63) is 59.2 Å². The number of hydrogen-bond donors (Lipinski definition) is 2. The number of aromatic nitrogens is 2. The van der Waals surface area contributed by atoms with Crippen LogP contribution in [0.4, 0.5) is 26.0 Å². The topological polar surface area (TPSA) is 96.3 Å². The zero-order chi connectivity index (χ0) is 24.0. The number of anilines is 3. The molecule has 1 aromatic carbocycles. The van der Waals surface area contributed by atoms with E-state index in [1.807, 2.05) is 0 Å². The van der Waals surface area contributed by atoms with Crippen molar-refractivity contribution in [1.82, 2.24) is 9.55 Å². The molecule has 3 heterocycles. The number of nitrogens with zero attached hydrogens (tertiary/aromatic N) is 3. The van der Waals surface area contributed by atoms with E-state index in [2.05, 4.69) is 15.0 Å². The monoisotopic (exact) mass is 495 g/mol. The van der Waals surface area contributed by atoms with Gasteiger partial charge < -0.3 is 14.8 Å². The maximum Gasteiger partial charge on any atom is 0.282 e. The van der Waals surface area contributed by atoms with Gasteiger partial charge in [-0.3, -0.25) is 9.52 Å². The average molecular weight is 496 g/mol. The van der Waals surface area contributed by atoms with E-state index in [0.717, 1.165) is 6.26 Å². The first-order chi connectivity index (χ1) is 15.4. The fraction of sp³-hybridized carbons (Fsp3) is 0.238. The van der Waals surface area contributed by atoms with Gasteiger partial charge in [-0.25, -0.2) is 22.2 Å². The van der Waals surface area contributed by atoms with Crippen LogP contribution in [0.3, 0.4) is 0 Å². The van der Waals surface area contributed by atoms with E-state index >= 15 is 0 Å². The van der Waals surface area contributed by atoms with Crippen molar-refractivity contribution >= 4 is 44.7 Å². The van der Waals surface area contributed by atoms with Crippen LogP contribution in [-0.4, -0.2) is 49.1 Å². The van der Waals surface area contributed by atoms with Crippen molar-refractivity contribution in [2.75, 3.05) is 34.3 Å². The summed E-state index contributed by atoms with van der Waals surface area (Å²) >= 11 is 6.04. The van der Waals surface area contributed by atoms with Gasteiger partial charge in [0.2, 0.25) is 10.0 Å². The lowest BCUT2D eigenvalue weighted by molar-refractivity contribution is -0.0266. The first-order valence-corrected chi connectivity index (χ1v) is 12.0. The van der Waals surface area contributed by atoms with Crippen molar-refractivity contribution in [3.63, 3.8) is 0 Å². The number of carbonyl (C=O) groups is 1. The highest BCUT2D eigenvalue weighted by molar-refractivity contribution is 7.92. The lowest BCUT2D eigenvalue weighted by atomic mass is 10.1. The van der Waals surface area contributed by atoms with Crippen molar-refractivity contribution in [3.8, 4) is 11.4 Å². The van der Waals surface area contributed by atoms with Gasteiger partial charge in [-0.1, -0.05) is 17.7 Å². The van der Waals surface area contributed by atoms with Crippen LogP contribution >= 0.6 is 11.6 Å². The van der Waals surface area contributed by atoms with E-state index in [1.165, 1.54) is 23.1 Å². The number of hydrogen-bond acceptors (Lipinski definition) is 5. The maximum absolute atomic E-state index is 13.2. The molecule has 33 heavy (non-hydrogen) atoms. The molecule has 1 aliphatic rings. The molecule has 1 saturated heterocycles. The first kappa shape index (κ1) is 23.0. The van der Waals surface area contributed by atoms with E-state index < -0.39 is 21.9 Å². The molecule has 2 N–H and O–H groups in total. The van der Waals surface area contributed by atoms with E-state index in [4.69, 9.17) is 11.6 Å². The lowest BCUT2D eigenvalue weighted by Crippen LogP contribution is -2.56. The molecule has 0 bridgehead atoms. The molecule has 0 spiro atoms. The molecule has 0 atom stereocenters. The van der Waals surface area contributed by atoms with Crippen LogP contribution in [0.2, 0.25) is 5.02 Å². The molecule has 0 saturated carbocycles. The number of amides is 1. The Morgan fingerprint density at radius 3 is 2.52 bits per heavy atom. The smallest absolute Gasteiger partial charge is 0.282 e. The number of rotatable bonds is 6. The molecular formula is C21H20ClF2N5O3S. The highest BCUT2D eigenvalue weighted by Gasteiger charge is 2.44. The number of benzene rings is 1. The van der Waals surface area contributed by atoms with Gasteiger partial charge in [0.25, 0.3) is 11.8 Å². The zero-order valence-electron chi connectivity index (χ0n) is 17.6. The molecule has 0 aliphatic carbocycles. The first-order valence-electron chi connectivity index (χ1n) is 9.75. The molecule has 4 rings (SSSR count). The van der Waals surface area contributed by atoms with Gasteiger partial charge in [0.15, 0.2) is 0 Å². The minimum atomic E-state index is -3.51. The van der Waals surface area contributed by atoms with Crippen molar-refractivity contribution < 1.29 is 22.0 Å². The van der Waals surface area contributed by atoms with E-state index in [-0.39, 0.29) is 23.8 Å². The SMILES string of the molecule is Cn1cc(C(=O)Nc2cc(Cl)cc(NS(C)(=O)=O)c2)cc1-c1cccc(N2CC(F)(F)C2)n1. The van der Waals surface area contributed by atoms with Crippen LogP contribution in [0.1, 0.15) is 10.4 Å². The van der Waals surface area contributed by atoms with Gasteiger partial charge in [0.1, 0.15) is 5.82 Å². The van der Waals surface area contributed by atoms with Crippen LogP contribution in [0, 0.1) is 0 Å². The number of carbonyl (C=O) groups excluding carboxylic acids is 1. The molecule has 1 amide bonds. The molecule has 3 aromatic rings. The summed E-state index contributed by atoms with van der Waals surface area (Å²) in [4.78, 5) is 18.8. The second-order valence-electron chi connectivity index (χ2n) is 7.87. The molecule has 174 valence electrons. The van der Waals surface area contributed by atoms with Crippen molar-refractivity contribution in [2.24, 2.45) is 7.05 Å². The summed E-state index contributed by atoms with van der Waals surface area (Å²) in [7, 11) is -1.77. The largest absolute Gasteiger partial charge is 0.348 e. The number of nitrogens with one attached hydrogen (secondary N) is 2. The standard InChI is InChI=1S/C21H20ClF2N5O3S/c1-28-10-13(20(30)25-15-7-14(22)8-16(9-15)27-33(2,31)32)6-18(28)17-4-3-5-19(26-17)29-11-21(23,24)12-29/h3-10,27H,11-12H2,1-2H3,(H,25,30). The summed E-state index contributed by atoms with van der Waals surface area (Å²) in [6.07, 6.45) is 2.62. The summed E-state index contributed by atoms with van der Waals surface area (Å²) < 4.78 is 53.4.